The van der Waals surface area contributed by atoms with Gasteiger partial charge in [-0.2, -0.15) is 0 Å². The van der Waals surface area contributed by atoms with Gasteiger partial charge >= 0.3 is 12.1 Å². The van der Waals surface area contributed by atoms with Gasteiger partial charge in [-0.3, -0.25) is 4.79 Å². The molecule has 7 heteroatoms. The van der Waals surface area contributed by atoms with Gasteiger partial charge in [0.05, 0.1) is 18.0 Å². The molecule has 0 heterocycles. The number of carboxylic acids is 1. The van der Waals surface area contributed by atoms with Gasteiger partial charge in [-0.1, -0.05) is 67.3 Å². The van der Waals surface area contributed by atoms with Crippen molar-refractivity contribution >= 4 is 18.0 Å². The molecule has 0 radical (unpaired) electrons. The van der Waals surface area contributed by atoms with Crippen LogP contribution in [0.15, 0.2) is 48.5 Å². The van der Waals surface area contributed by atoms with Crippen LogP contribution < -0.4 is 10.6 Å². The van der Waals surface area contributed by atoms with Crippen LogP contribution in [0.2, 0.25) is 0 Å². The van der Waals surface area contributed by atoms with Gasteiger partial charge in [0.1, 0.15) is 6.61 Å². The molecular formula is C27H28N2O5. The fourth-order valence-corrected chi connectivity index (χ4v) is 5.15. The predicted octanol–water partition coefficient (Wildman–Crippen LogP) is 3.68. The number of ether oxygens (including phenoxy) is 1. The lowest BCUT2D eigenvalue weighted by atomic mass is 9.73. The number of carboxylic acid groups (broad SMARTS) is 1. The van der Waals surface area contributed by atoms with Crippen LogP contribution in [-0.4, -0.2) is 41.8 Å². The molecule has 2 aliphatic carbocycles. The van der Waals surface area contributed by atoms with Crippen molar-refractivity contribution in [3.8, 4) is 23.0 Å². The molecule has 0 saturated heterocycles. The Labute approximate surface area is 198 Å². The maximum atomic E-state index is 12.8. The highest BCUT2D eigenvalue weighted by Gasteiger charge is 2.42. The van der Waals surface area contributed by atoms with E-state index in [1.807, 2.05) is 37.1 Å². The first-order valence-corrected chi connectivity index (χ1v) is 11.5. The molecule has 2 unspecified atom stereocenters. The smallest absolute Gasteiger partial charge is 0.407 e. The minimum atomic E-state index is -1.24. The maximum Gasteiger partial charge on any atom is 0.407 e. The number of carbonyl (C=O) groups is 3. The molecule has 2 aromatic carbocycles. The van der Waals surface area contributed by atoms with Crippen LogP contribution in [-0.2, 0) is 14.3 Å². The molecule has 176 valence electrons. The standard InChI is InChI=1S/C27H28N2O5/c1-27(15-7-6-13-23(27)25(32)28-16-8-14-24(30)31)29-26(33)34-17-22-20-11-4-2-9-18(20)19-10-3-5-12-21(19)22/h2-5,9-12,22-23H,6-7,13,15-17H2,1H3,(H,28,32)(H,29,33)(H,30,31). The van der Waals surface area contributed by atoms with Crippen molar-refractivity contribution in [1.82, 2.24) is 10.6 Å². The Kier molecular flexibility index (Phi) is 6.87. The van der Waals surface area contributed by atoms with E-state index in [0.29, 0.717) is 12.8 Å². The van der Waals surface area contributed by atoms with E-state index < -0.39 is 23.5 Å². The summed E-state index contributed by atoms with van der Waals surface area (Å²) in [6, 6.07) is 16.3. The lowest BCUT2D eigenvalue weighted by Crippen LogP contribution is -2.57. The number of rotatable bonds is 5. The van der Waals surface area contributed by atoms with Crippen molar-refractivity contribution in [2.45, 2.75) is 44.1 Å². The lowest BCUT2D eigenvalue weighted by Gasteiger charge is -2.40. The molecule has 2 atom stereocenters. The van der Waals surface area contributed by atoms with E-state index >= 15 is 0 Å². The molecule has 2 aromatic rings. The molecule has 34 heavy (non-hydrogen) atoms. The summed E-state index contributed by atoms with van der Waals surface area (Å²) >= 11 is 0. The number of nitrogens with one attached hydrogen (secondary N) is 2. The van der Waals surface area contributed by atoms with Crippen molar-refractivity contribution in [3.63, 3.8) is 0 Å². The molecule has 2 amide bonds. The van der Waals surface area contributed by atoms with E-state index in [-0.39, 0.29) is 25.0 Å². The van der Waals surface area contributed by atoms with E-state index in [2.05, 4.69) is 40.8 Å². The number of alkyl carbamates (subject to hydrolysis) is 1. The Balaban J connectivity index is 1.40. The molecule has 4 rings (SSSR count). The molecule has 7 nitrogen and oxygen atoms in total. The second-order valence-electron chi connectivity index (χ2n) is 8.99. The molecule has 1 fully saturated rings. The average Bonchev–Trinajstić information content (AvgIpc) is 3.14. The highest BCUT2D eigenvalue weighted by molar-refractivity contribution is 5.87. The minimum Gasteiger partial charge on any atom is -0.472 e. The summed E-state index contributed by atoms with van der Waals surface area (Å²) in [6.45, 7) is 2.01. The Hall–Kier alpha value is -3.79. The van der Waals surface area contributed by atoms with Crippen LogP contribution >= 0.6 is 0 Å². The second kappa shape index (κ2) is 10.0. The fraction of sp³-hybridized carbons (Fsp3) is 0.370. The first-order chi connectivity index (χ1) is 16.4. The van der Waals surface area contributed by atoms with Gasteiger partial charge in [0, 0.05) is 11.8 Å². The van der Waals surface area contributed by atoms with E-state index in [1.165, 1.54) is 0 Å². The number of hydrogen-bond donors (Lipinski definition) is 3. The normalized spacial score (nSPS) is 20.8. The highest BCUT2D eigenvalue weighted by atomic mass is 16.5. The van der Waals surface area contributed by atoms with E-state index in [9.17, 15) is 14.4 Å². The zero-order valence-corrected chi connectivity index (χ0v) is 19.1. The minimum absolute atomic E-state index is 0.0378. The van der Waals surface area contributed by atoms with Gasteiger partial charge < -0.3 is 20.5 Å². The highest BCUT2D eigenvalue weighted by Crippen LogP contribution is 2.44. The van der Waals surface area contributed by atoms with Crippen LogP contribution in [0.4, 0.5) is 4.79 Å². The monoisotopic (exact) mass is 460 g/mol. The number of carbonyl (C=O) groups excluding carboxylic acids is 2. The number of amides is 2. The van der Waals surface area contributed by atoms with Crippen LogP contribution in [0.3, 0.4) is 0 Å². The van der Waals surface area contributed by atoms with Crippen molar-refractivity contribution in [2.24, 2.45) is 5.92 Å². The first-order valence-electron chi connectivity index (χ1n) is 11.5. The quantitative estimate of drug-likeness (QED) is 0.591. The van der Waals surface area contributed by atoms with Crippen LogP contribution in [0.1, 0.15) is 49.7 Å². The number of benzene rings is 2. The third kappa shape index (κ3) is 4.91. The van der Waals surface area contributed by atoms with Gasteiger partial charge in [-0.15, -0.1) is 0 Å². The molecule has 0 aliphatic heterocycles. The van der Waals surface area contributed by atoms with Crippen LogP contribution in [0.25, 0.3) is 11.1 Å². The first kappa shape index (κ1) is 23.4. The SMILES string of the molecule is CC1(NC(=O)OCC2c3ccccc3-c3ccccc32)CCCCC1C(=O)NCC#CC(=O)O. The van der Waals surface area contributed by atoms with Crippen molar-refractivity contribution in [1.29, 1.82) is 0 Å². The van der Waals surface area contributed by atoms with Gasteiger partial charge in [0.15, 0.2) is 0 Å². The number of aliphatic carboxylic acids is 1. The third-order valence-corrected chi connectivity index (χ3v) is 6.80. The van der Waals surface area contributed by atoms with Crippen LogP contribution in [0.5, 0.6) is 0 Å². The van der Waals surface area contributed by atoms with Gasteiger partial charge in [0.2, 0.25) is 5.91 Å². The van der Waals surface area contributed by atoms with E-state index in [1.54, 1.807) is 0 Å². The van der Waals surface area contributed by atoms with Crippen molar-refractivity contribution in [3.05, 3.63) is 59.7 Å². The maximum absolute atomic E-state index is 12.8. The molecule has 2 aliphatic rings. The topological polar surface area (TPSA) is 105 Å². The van der Waals surface area contributed by atoms with Gasteiger partial charge in [0.25, 0.3) is 0 Å². The van der Waals surface area contributed by atoms with E-state index in [4.69, 9.17) is 9.84 Å². The van der Waals surface area contributed by atoms with E-state index in [0.717, 1.165) is 35.1 Å². The summed E-state index contributed by atoms with van der Waals surface area (Å²) in [7, 11) is 0. The summed E-state index contributed by atoms with van der Waals surface area (Å²) in [5.74, 6) is 2.39. The lowest BCUT2D eigenvalue weighted by molar-refractivity contribution is -0.131. The number of hydrogen-bond acceptors (Lipinski definition) is 4. The predicted molar refractivity (Wildman–Crippen MR) is 127 cm³/mol. The van der Waals surface area contributed by atoms with Gasteiger partial charge in [-0.05, 0) is 42.0 Å². The third-order valence-electron chi connectivity index (χ3n) is 6.80. The van der Waals surface area contributed by atoms with Crippen molar-refractivity contribution < 1.29 is 24.2 Å². The summed E-state index contributed by atoms with van der Waals surface area (Å²) in [5, 5.41) is 14.2. The molecule has 1 saturated carbocycles. The molecular weight excluding hydrogens is 432 g/mol. The summed E-state index contributed by atoms with van der Waals surface area (Å²) in [5.41, 5.74) is 3.84. The second-order valence-corrected chi connectivity index (χ2v) is 8.99. The number of fused-ring (bicyclic) bond motifs is 3. The molecule has 0 spiro atoms. The fourth-order valence-electron chi connectivity index (χ4n) is 5.15. The molecule has 0 bridgehead atoms. The van der Waals surface area contributed by atoms with Crippen molar-refractivity contribution in [2.75, 3.05) is 13.2 Å². The zero-order chi connectivity index (χ0) is 24.1. The zero-order valence-electron chi connectivity index (χ0n) is 19.1. The van der Waals surface area contributed by atoms with Crippen LogP contribution in [0, 0.1) is 17.8 Å². The molecule has 3 N–H and O–H groups in total. The Morgan fingerprint density at radius 3 is 2.35 bits per heavy atom. The largest absolute Gasteiger partial charge is 0.472 e. The molecule has 0 aromatic heterocycles. The Bertz CT molecular complexity index is 1120. The summed E-state index contributed by atoms with van der Waals surface area (Å²) in [6.07, 6.45) is 2.49. The Morgan fingerprint density at radius 2 is 1.71 bits per heavy atom. The summed E-state index contributed by atoms with van der Waals surface area (Å²) in [4.78, 5) is 36.1. The van der Waals surface area contributed by atoms with Gasteiger partial charge in [-0.25, -0.2) is 9.59 Å². The average molecular weight is 461 g/mol. The summed E-state index contributed by atoms with van der Waals surface area (Å²) < 4.78 is 5.69. The Morgan fingerprint density at radius 1 is 1.06 bits per heavy atom.